The van der Waals surface area contributed by atoms with Crippen LogP contribution in [0.3, 0.4) is 0 Å². The molecule has 0 spiro atoms. The Hall–Kier alpha value is -9.17. The zero-order chi connectivity index (χ0) is 64.5. The van der Waals surface area contributed by atoms with Gasteiger partial charge >= 0.3 is 0 Å². The summed E-state index contributed by atoms with van der Waals surface area (Å²) in [6, 6.07) is 3.14. The van der Waals surface area contributed by atoms with Crippen LogP contribution in [0.1, 0.15) is 104 Å². The fraction of sp³-hybridized carbons (Fsp3) is 0.500. The molecule has 86 heavy (non-hydrogen) atoms. The van der Waals surface area contributed by atoms with Crippen LogP contribution in [-0.4, -0.2) is 118 Å². The average Bonchev–Trinajstić information content (AvgIpc) is 1.75. The van der Waals surface area contributed by atoms with E-state index in [1.807, 2.05) is 104 Å². The molecule has 0 aromatic carbocycles. The normalized spacial score (nSPS) is 12.0. The number of rotatable bonds is 5. The molecule has 10 aromatic heterocycles. The van der Waals surface area contributed by atoms with Crippen LogP contribution in [0.2, 0.25) is 5.28 Å². The standard InChI is InChI=1S/C13H21N5O2.C12H12N4O.C11H17N5O.C10H13ClN4O.C10H15N5O/c1-13(2,3)18-8-15-10-9(11(18)19)17(4)12(16-10)14-6-7-20-5;1-12(2,3)16-7-14-10-8(11(16)17)5-6-9(13-4)15-10;1-11(2,3)16-6-13-8-7(9(16)17)15(5)10(12-4)14-8;2*1-10(2,3)15-5-12-7-6(8(15)16)14(4)9(11)13-7/h8H,6-7H2,1-5H3,(H,14,16);5-7H,1-3H3;6H,1-5H3,(H,12,14);5H,1-4H3;5H,1-4H3,(H2,11,13). The Balaban J connectivity index is 0.000000172. The van der Waals surface area contributed by atoms with Crippen LogP contribution in [-0.2, 0) is 60.6 Å². The maximum absolute atomic E-state index is 12.5. The minimum absolute atomic E-state index is 0.0704. The number of ether oxygens (including phenoxy) is 1. The summed E-state index contributed by atoms with van der Waals surface area (Å²) in [6.45, 7) is 37.3. The van der Waals surface area contributed by atoms with Crippen LogP contribution < -0.4 is 44.2 Å². The number of nitrogen functional groups attached to an aromatic ring is 1. The summed E-state index contributed by atoms with van der Waals surface area (Å²) < 4.78 is 19.5. The Bertz CT molecular complexity index is 4380. The van der Waals surface area contributed by atoms with Crippen molar-refractivity contribution in [3.05, 3.63) is 112 Å². The van der Waals surface area contributed by atoms with Gasteiger partial charge in [-0.25, -0.2) is 19.9 Å². The molecular weight excluding hydrogens is 1130 g/mol. The number of imidazole rings is 4. The van der Waals surface area contributed by atoms with Gasteiger partial charge in [-0.15, -0.1) is 0 Å². The fourth-order valence-electron chi connectivity index (χ4n) is 8.46. The molecule has 0 aliphatic carbocycles. The van der Waals surface area contributed by atoms with Gasteiger partial charge in [-0.1, -0.05) is 17.6 Å². The Labute approximate surface area is 500 Å². The summed E-state index contributed by atoms with van der Waals surface area (Å²) in [6.07, 6.45) is 7.60. The molecule has 0 amide bonds. The SMILES string of the molecule is CNc1nc2ncn(C(C)(C)C)c(=O)c2n1C.COCCNc1nc2ncn(C(C)(C)C)c(=O)c2n1C.Cn1c(Cl)nc2ncn(C(C)(C)C)c(=O)c21.Cn1c(N)nc2ncn(C(C)(C)C)c(=O)c21.[C-]#[N+]c1ccc2c(=O)n(C(C)(C)C)cnc2n1. The zero-order valence-corrected chi connectivity index (χ0v) is 53.6. The molecule has 10 rings (SSSR count). The van der Waals surface area contributed by atoms with Crippen LogP contribution in [0.25, 0.3) is 60.5 Å². The van der Waals surface area contributed by atoms with Crippen molar-refractivity contribution in [3.8, 4) is 0 Å². The number of nitrogens with two attached hydrogens (primary N) is 1. The molecule has 10 aromatic rings. The number of fused-ring (bicyclic) bond motifs is 5. The van der Waals surface area contributed by atoms with E-state index in [1.54, 1.807) is 102 Å². The third-order valence-electron chi connectivity index (χ3n) is 13.3. The second-order valence-corrected chi connectivity index (χ2v) is 25.3. The predicted octanol–water partition coefficient (Wildman–Crippen LogP) is 5.97. The number of anilines is 3. The average molecular weight is 1200 g/mol. The van der Waals surface area contributed by atoms with Crippen LogP contribution in [0, 0.1) is 6.57 Å². The largest absolute Gasteiger partial charge is 0.383 e. The number of hydrogen-bond donors (Lipinski definition) is 3. The highest BCUT2D eigenvalue weighted by atomic mass is 35.5. The van der Waals surface area contributed by atoms with Crippen molar-refractivity contribution >= 4 is 91.0 Å². The lowest BCUT2D eigenvalue weighted by Gasteiger charge is -2.21. The Morgan fingerprint density at radius 2 is 0.849 bits per heavy atom. The molecular formula is C56H78ClN23O6. The first kappa shape index (κ1) is 66.0. The predicted molar refractivity (Wildman–Crippen MR) is 335 cm³/mol. The molecule has 0 atom stereocenters. The van der Waals surface area contributed by atoms with Gasteiger partial charge in [-0.3, -0.25) is 46.8 Å². The van der Waals surface area contributed by atoms with Crippen LogP contribution in [0.15, 0.2) is 67.7 Å². The highest BCUT2D eigenvalue weighted by molar-refractivity contribution is 6.29. The summed E-state index contributed by atoms with van der Waals surface area (Å²) in [4.78, 5) is 106. The molecule has 460 valence electrons. The first-order valence-corrected chi connectivity index (χ1v) is 27.5. The van der Waals surface area contributed by atoms with Crippen LogP contribution >= 0.6 is 11.6 Å². The lowest BCUT2D eigenvalue weighted by molar-refractivity contribution is 0.210. The minimum atomic E-state index is -0.323. The molecule has 4 N–H and O–H groups in total. The van der Waals surface area contributed by atoms with Crippen molar-refractivity contribution < 1.29 is 4.74 Å². The molecule has 10 heterocycles. The van der Waals surface area contributed by atoms with E-state index in [4.69, 9.17) is 28.6 Å². The third kappa shape index (κ3) is 13.8. The van der Waals surface area contributed by atoms with Gasteiger partial charge in [-0.05, 0) is 122 Å². The zero-order valence-electron chi connectivity index (χ0n) is 52.8. The molecule has 0 saturated heterocycles. The first-order chi connectivity index (χ1) is 39.8. The van der Waals surface area contributed by atoms with E-state index in [2.05, 4.69) is 65.3 Å². The van der Waals surface area contributed by atoms with Gasteiger partial charge in [0.15, 0.2) is 44.7 Å². The van der Waals surface area contributed by atoms with Crippen LogP contribution in [0.5, 0.6) is 0 Å². The van der Waals surface area contributed by atoms with Gasteiger partial charge in [0.1, 0.15) is 37.0 Å². The molecule has 0 radical (unpaired) electrons. The van der Waals surface area contributed by atoms with E-state index in [0.717, 1.165) is 0 Å². The third-order valence-corrected chi connectivity index (χ3v) is 13.6. The Morgan fingerprint density at radius 1 is 0.500 bits per heavy atom. The van der Waals surface area contributed by atoms with Gasteiger partial charge in [-0.2, -0.15) is 24.9 Å². The second kappa shape index (κ2) is 24.8. The number of nitrogens with one attached hydrogen (secondary N) is 2. The maximum Gasteiger partial charge on any atom is 0.280 e. The number of methoxy groups -OCH3 is 1. The molecule has 0 bridgehead atoms. The number of pyridine rings is 1. The summed E-state index contributed by atoms with van der Waals surface area (Å²) in [7, 11) is 10.4. The minimum Gasteiger partial charge on any atom is -0.383 e. The fourth-order valence-corrected chi connectivity index (χ4v) is 8.62. The number of aromatic nitrogens is 19. The molecule has 0 unspecified atom stereocenters. The quantitative estimate of drug-likeness (QED) is 0.101. The van der Waals surface area contributed by atoms with Gasteiger partial charge < -0.3 is 44.2 Å². The molecule has 0 fully saturated rings. The lowest BCUT2D eigenvalue weighted by atomic mass is 10.1. The van der Waals surface area contributed by atoms with Gasteiger partial charge in [0, 0.05) is 76.6 Å². The topological polar surface area (TPSA) is 322 Å². The first-order valence-electron chi connectivity index (χ1n) is 27.2. The van der Waals surface area contributed by atoms with Gasteiger partial charge in [0.25, 0.3) is 39.3 Å². The molecule has 29 nitrogen and oxygen atoms in total. The van der Waals surface area contributed by atoms with Crippen molar-refractivity contribution in [1.29, 1.82) is 0 Å². The number of nitrogens with zero attached hydrogens (tertiary/aromatic N) is 20. The van der Waals surface area contributed by atoms with Crippen molar-refractivity contribution in [2.45, 2.75) is 132 Å². The number of halogens is 1. The Morgan fingerprint density at radius 3 is 1.24 bits per heavy atom. The number of hydrogen-bond acceptors (Lipinski definition) is 19. The van der Waals surface area contributed by atoms with E-state index >= 15 is 0 Å². The van der Waals surface area contributed by atoms with Crippen LogP contribution in [0.4, 0.5) is 23.7 Å². The van der Waals surface area contributed by atoms with E-state index < -0.39 is 0 Å². The molecule has 0 saturated carbocycles. The Kier molecular flexibility index (Phi) is 19.0. The molecule has 0 aliphatic heterocycles. The molecule has 30 heteroatoms. The highest BCUT2D eigenvalue weighted by Crippen LogP contribution is 2.21. The van der Waals surface area contributed by atoms with Crippen molar-refractivity contribution in [3.63, 3.8) is 0 Å². The van der Waals surface area contributed by atoms with Crippen molar-refractivity contribution in [1.82, 2.24) is 90.9 Å². The van der Waals surface area contributed by atoms with Crippen molar-refractivity contribution in [2.75, 3.05) is 43.7 Å². The smallest absolute Gasteiger partial charge is 0.280 e. The van der Waals surface area contributed by atoms with Gasteiger partial charge in [0.2, 0.25) is 23.1 Å². The van der Waals surface area contributed by atoms with E-state index in [0.29, 0.717) is 86.7 Å². The lowest BCUT2D eigenvalue weighted by Crippen LogP contribution is -2.34. The number of aryl methyl sites for hydroxylation is 4. The van der Waals surface area contributed by atoms with E-state index in [-0.39, 0.29) is 66.6 Å². The van der Waals surface area contributed by atoms with E-state index in [1.165, 1.54) is 25.0 Å². The summed E-state index contributed by atoms with van der Waals surface area (Å²) >= 11 is 5.85. The second-order valence-electron chi connectivity index (χ2n) is 24.9. The van der Waals surface area contributed by atoms with Crippen molar-refractivity contribution in [2.24, 2.45) is 28.2 Å². The monoisotopic (exact) mass is 1200 g/mol. The highest BCUT2D eigenvalue weighted by Gasteiger charge is 2.24. The summed E-state index contributed by atoms with van der Waals surface area (Å²) in [5, 5.41) is 6.77. The van der Waals surface area contributed by atoms with Gasteiger partial charge in [0.05, 0.1) is 6.61 Å². The van der Waals surface area contributed by atoms with E-state index in [9.17, 15) is 24.0 Å². The summed E-state index contributed by atoms with van der Waals surface area (Å²) in [5.74, 6) is 1.80. The summed E-state index contributed by atoms with van der Waals surface area (Å²) in [5.41, 5.74) is 7.49. The maximum atomic E-state index is 12.5. The molecule has 0 aliphatic rings.